The summed E-state index contributed by atoms with van der Waals surface area (Å²) in [6, 6.07) is 5.41. The Morgan fingerprint density at radius 2 is 2.00 bits per heavy atom. The molecule has 22 heavy (non-hydrogen) atoms. The van der Waals surface area contributed by atoms with Crippen LogP contribution in [0.3, 0.4) is 0 Å². The summed E-state index contributed by atoms with van der Waals surface area (Å²) in [6.07, 6.45) is 4.90. The summed E-state index contributed by atoms with van der Waals surface area (Å²) in [5.41, 5.74) is 0. The Morgan fingerprint density at radius 1 is 1.27 bits per heavy atom. The van der Waals surface area contributed by atoms with E-state index in [2.05, 4.69) is 5.10 Å². The average molecular weight is 344 g/mol. The molecule has 8 heteroatoms. The van der Waals surface area contributed by atoms with E-state index in [1.807, 2.05) is 16.9 Å². The molecule has 2 heterocycles. The summed E-state index contributed by atoms with van der Waals surface area (Å²) in [5, 5.41) is 4.23. The second kappa shape index (κ2) is 5.98. The molecule has 0 N–H and O–H groups in total. The topological polar surface area (TPSA) is 55.2 Å². The molecule has 0 radical (unpaired) electrons. The first-order valence-corrected chi connectivity index (χ1v) is 8.74. The SMILES string of the molecule is O=S(=O)(c1cc(F)ccc1Cl)N1CCC(n2cccn2)CC1. The van der Waals surface area contributed by atoms with Crippen LogP contribution in [0.4, 0.5) is 4.39 Å². The van der Waals surface area contributed by atoms with Gasteiger partial charge in [0.25, 0.3) is 0 Å². The highest BCUT2D eigenvalue weighted by atomic mass is 35.5. The summed E-state index contributed by atoms with van der Waals surface area (Å²) in [6.45, 7) is 0.722. The first kappa shape index (κ1) is 15.5. The zero-order chi connectivity index (χ0) is 15.7. The third kappa shape index (κ3) is 2.88. The van der Waals surface area contributed by atoms with Crippen molar-refractivity contribution < 1.29 is 12.8 Å². The molecule has 0 atom stereocenters. The number of hydrogen-bond acceptors (Lipinski definition) is 3. The predicted molar refractivity (Wildman–Crippen MR) is 80.7 cm³/mol. The number of sulfonamides is 1. The third-order valence-electron chi connectivity index (χ3n) is 3.83. The number of halogens is 2. The van der Waals surface area contributed by atoms with Gasteiger partial charge in [-0.1, -0.05) is 11.6 Å². The zero-order valence-electron chi connectivity index (χ0n) is 11.7. The summed E-state index contributed by atoms with van der Waals surface area (Å²) in [7, 11) is -3.78. The van der Waals surface area contributed by atoms with Crippen LogP contribution in [0.1, 0.15) is 18.9 Å². The molecule has 2 aromatic rings. The Balaban J connectivity index is 1.79. The van der Waals surface area contributed by atoms with Crippen LogP contribution in [-0.2, 0) is 10.0 Å². The maximum absolute atomic E-state index is 13.3. The molecule has 5 nitrogen and oxygen atoms in total. The van der Waals surface area contributed by atoms with Crippen LogP contribution < -0.4 is 0 Å². The Kier molecular flexibility index (Phi) is 4.20. The predicted octanol–water partition coefficient (Wildman–Crippen LogP) is 2.70. The van der Waals surface area contributed by atoms with Crippen molar-refractivity contribution >= 4 is 21.6 Å². The van der Waals surface area contributed by atoms with E-state index in [1.165, 1.54) is 10.4 Å². The highest BCUT2D eigenvalue weighted by molar-refractivity contribution is 7.89. The lowest BCUT2D eigenvalue weighted by Crippen LogP contribution is -2.39. The van der Waals surface area contributed by atoms with Gasteiger partial charge in [0, 0.05) is 25.5 Å². The quantitative estimate of drug-likeness (QED) is 0.861. The van der Waals surface area contributed by atoms with Gasteiger partial charge >= 0.3 is 0 Å². The lowest BCUT2D eigenvalue weighted by molar-refractivity contribution is 0.261. The first-order chi connectivity index (χ1) is 10.5. The van der Waals surface area contributed by atoms with E-state index in [4.69, 9.17) is 11.6 Å². The molecule has 0 saturated carbocycles. The average Bonchev–Trinajstić information content (AvgIpc) is 3.04. The Morgan fingerprint density at radius 3 is 2.64 bits per heavy atom. The van der Waals surface area contributed by atoms with Crippen molar-refractivity contribution in [3.8, 4) is 0 Å². The van der Waals surface area contributed by atoms with Crippen LogP contribution >= 0.6 is 11.6 Å². The molecule has 0 spiro atoms. The molecule has 0 amide bonds. The number of piperidine rings is 1. The molecule has 1 saturated heterocycles. The van der Waals surface area contributed by atoms with Crippen molar-refractivity contribution in [2.24, 2.45) is 0 Å². The van der Waals surface area contributed by atoms with Gasteiger partial charge in [-0.25, -0.2) is 12.8 Å². The minimum atomic E-state index is -3.78. The zero-order valence-corrected chi connectivity index (χ0v) is 13.3. The van der Waals surface area contributed by atoms with Gasteiger partial charge in [-0.05, 0) is 37.1 Å². The van der Waals surface area contributed by atoms with Crippen molar-refractivity contribution in [1.29, 1.82) is 0 Å². The molecule has 1 aromatic heterocycles. The van der Waals surface area contributed by atoms with Crippen LogP contribution in [-0.4, -0.2) is 35.6 Å². The standard InChI is InChI=1S/C14H15ClFN3O2S/c15-13-3-2-11(16)10-14(13)22(20,21)18-8-4-12(5-9-18)19-7-1-6-17-19/h1-3,6-7,10,12H,4-5,8-9H2. The molecule has 1 aromatic carbocycles. The molecule has 1 aliphatic heterocycles. The van der Waals surface area contributed by atoms with Crippen LogP contribution in [0.5, 0.6) is 0 Å². The summed E-state index contributed by atoms with van der Waals surface area (Å²) in [5.74, 6) is -0.616. The largest absolute Gasteiger partial charge is 0.270 e. The lowest BCUT2D eigenvalue weighted by atomic mass is 10.1. The maximum atomic E-state index is 13.3. The van der Waals surface area contributed by atoms with Crippen LogP contribution in [0.25, 0.3) is 0 Å². The molecule has 0 aliphatic carbocycles. The normalized spacial score (nSPS) is 17.7. The number of rotatable bonds is 3. The second-order valence-corrected chi connectivity index (χ2v) is 7.51. The highest BCUT2D eigenvalue weighted by Crippen LogP contribution is 2.30. The van der Waals surface area contributed by atoms with Crippen LogP contribution in [0.2, 0.25) is 5.02 Å². The second-order valence-electron chi connectivity index (χ2n) is 5.20. The summed E-state index contributed by atoms with van der Waals surface area (Å²) in [4.78, 5) is -0.174. The number of hydrogen-bond donors (Lipinski definition) is 0. The Bertz CT molecular complexity index is 756. The molecule has 3 rings (SSSR count). The molecular formula is C14H15ClFN3O2S. The maximum Gasteiger partial charge on any atom is 0.244 e. The van der Waals surface area contributed by atoms with E-state index in [-0.39, 0.29) is 16.0 Å². The lowest BCUT2D eigenvalue weighted by Gasteiger charge is -2.31. The summed E-state index contributed by atoms with van der Waals surface area (Å²) < 4.78 is 41.8. The first-order valence-electron chi connectivity index (χ1n) is 6.93. The molecule has 0 bridgehead atoms. The highest BCUT2D eigenvalue weighted by Gasteiger charge is 2.31. The molecule has 1 fully saturated rings. The molecular weight excluding hydrogens is 329 g/mol. The van der Waals surface area contributed by atoms with Crippen molar-refractivity contribution in [2.75, 3.05) is 13.1 Å². The Labute approximate surface area is 133 Å². The van der Waals surface area contributed by atoms with Crippen molar-refractivity contribution in [3.63, 3.8) is 0 Å². The summed E-state index contributed by atoms with van der Waals surface area (Å²) >= 11 is 5.92. The molecule has 0 unspecified atom stereocenters. The molecule has 1 aliphatic rings. The number of benzene rings is 1. The molecule has 118 valence electrons. The Hall–Kier alpha value is -1.44. The van der Waals surface area contributed by atoms with E-state index in [1.54, 1.807) is 6.20 Å². The van der Waals surface area contributed by atoms with Gasteiger partial charge in [-0.3, -0.25) is 4.68 Å². The number of nitrogens with zero attached hydrogens (tertiary/aromatic N) is 3. The van der Waals surface area contributed by atoms with Crippen LogP contribution in [0, 0.1) is 5.82 Å². The van der Waals surface area contributed by atoms with Crippen molar-refractivity contribution in [1.82, 2.24) is 14.1 Å². The minimum absolute atomic E-state index is 0.0376. The fourth-order valence-electron chi connectivity index (χ4n) is 2.66. The van der Waals surface area contributed by atoms with Gasteiger partial charge in [0.05, 0.1) is 11.1 Å². The van der Waals surface area contributed by atoms with Crippen molar-refractivity contribution in [3.05, 3.63) is 47.5 Å². The smallest absolute Gasteiger partial charge is 0.244 e. The van der Waals surface area contributed by atoms with E-state index in [9.17, 15) is 12.8 Å². The van der Waals surface area contributed by atoms with Gasteiger partial charge in [0.2, 0.25) is 10.0 Å². The fourth-order valence-corrected chi connectivity index (χ4v) is 4.61. The van der Waals surface area contributed by atoms with Crippen molar-refractivity contribution in [2.45, 2.75) is 23.8 Å². The fraction of sp³-hybridized carbons (Fsp3) is 0.357. The van der Waals surface area contributed by atoms with Gasteiger partial charge in [-0.2, -0.15) is 9.40 Å². The van der Waals surface area contributed by atoms with Gasteiger partial charge in [0.1, 0.15) is 10.7 Å². The third-order valence-corrected chi connectivity index (χ3v) is 6.21. The monoisotopic (exact) mass is 343 g/mol. The van der Waals surface area contributed by atoms with E-state index < -0.39 is 15.8 Å². The van der Waals surface area contributed by atoms with Gasteiger partial charge in [-0.15, -0.1) is 0 Å². The number of aromatic nitrogens is 2. The van der Waals surface area contributed by atoms with E-state index in [0.717, 1.165) is 12.1 Å². The minimum Gasteiger partial charge on any atom is -0.270 e. The van der Waals surface area contributed by atoms with Gasteiger partial charge < -0.3 is 0 Å². The van der Waals surface area contributed by atoms with Crippen LogP contribution in [0.15, 0.2) is 41.6 Å². The van der Waals surface area contributed by atoms with Gasteiger partial charge in [0.15, 0.2) is 0 Å². The van der Waals surface area contributed by atoms with E-state index in [0.29, 0.717) is 25.9 Å². The van der Waals surface area contributed by atoms with E-state index >= 15 is 0 Å².